The Morgan fingerprint density at radius 3 is 2.65 bits per heavy atom. The van der Waals surface area contributed by atoms with Gasteiger partial charge < -0.3 is 10.2 Å². The van der Waals surface area contributed by atoms with Crippen LogP contribution in [0, 0.1) is 17.8 Å². The second-order valence-electron chi connectivity index (χ2n) is 5.98. The highest BCUT2D eigenvalue weighted by Crippen LogP contribution is 2.34. The average Bonchev–Trinajstić information content (AvgIpc) is 3.07. The van der Waals surface area contributed by atoms with Crippen molar-refractivity contribution < 1.29 is 18.0 Å². The molecule has 0 spiro atoms. The summed E-state index contributed by atoms with van der Waals surface area (Å²) in [5, 5.41) is 7.01. The summed E-state index contributed by atoms with van der Waals surface area (Å²) in [6.07, 6.45) is -2.72. The number of benzene rings is 1. The van der Waals surface area contributed by atoms with E-state index in [0.29, 0.717) is 25.3 Å². The van der Waals surface area contributed by atoms with Crippen LogP contribution in [0.2, 0.25) is 0 Å². The van der Waals surface area contributed by atoms with E-state index >= 15 is 0 Å². The fourth-order valence-electron chi connectivity index (χ4n) is 2.94. The summed E-state index contributed by atoms with van der Waals surface area (Å²) >= 11 is 0. The van der Waals surface area contributed by atoms with Crippen LogP contribution in [0.15, 0.2) is 36.5 Å². The van der Waals surface area contributed by atoms with Gasteiger partial charge in [-0.25, -0.2) is 4.68 Å². The molecule has 1 unspecified atom stereocenters. The smallest absolute Gasteiger partial charge is 0.345 e. The van der Waals surface area contributed by atoms with Crippen LogP contribution in [0.25, 0.3) is 0 Å². The van der Waals surface area contributed by atoms with Gasteiger partial charge >= 0.3 is 6.18 Å². The lowest BCUT2D eigenvalue weighted by Crippen LogP contribution is -2.41. The van der Waals surface area contributed by atoms with Crippen molar-refractivity contribution >= 4 is 17.4 Å². The van der Waals surface area contributed by atoms with E-state index in [1.807, 2.05) is 11.0 Å². The number of alkyl halides is 3. The van der Waals surface area contributed by atoms with Gasteiger partial charge in [0.1, 0.15) is 5.82 Å². The van der Waals surface area contributed by atoms with E-state index in [1.165, 1.54) is 12.1 Å². The number of nitrogens with zero attached hydrogens (tertiary/aromatic N) is 3. The molecule has 2 heterocycles. The number of nitrogens with one attached hydrogen (secondary N) is 1. The molecule has 3 rings (SSSR count). The number of anilines is 2. The van der Waals surface area contributed by atoms with E-state index in [4.69, 9.17) is 0 Å². The number of fused-ring (bicyclic) bond motifs is 1. The number of rotatable bonds is 3. The molecule has 0 aliphatic carbocycles. The van der Waals surface area contributed by atoms with Gasteiger partial charge in [0, 0.05) is 37.3 Å². The Morgan fingerprint density at radius 1 is 1.27 bits per heavy atom. The Bertz CT molecular complexity index is 846. The van der Waals surface area contributed by atoms with Gasteiger partial charge in [-0.3, -0.25) is 4.79 Å². The van der Waals surface area contributed by atoms with Crippen molar-refractivity contribution in [2.75, 3.05) is 18.0 Å². The van der Waals surface area contributed by atoms with Gasteiger partial charge in [-0.15, -0.1) is 0 Å². The first-order valence-electron chi connectivity index (χ1n) is 8.05. The van der Waals surface area contributed by atoms with E-state index < -0.39 is 11.7 Å². The number of amides is 1. The first-order chi connectivity index (χ1) is 12.4. The molecule has 1 atom stereocenters. The van der Waals surface area contributed by atoms with Crippen molar-refractivity contribution in [1.82, 2.24) is 15.1 Å². The molecule has 1 N–H and O–H groups in total. The third-order valence-electron chi connectivity index (χ3n) is 4.14. The molecule has 0 saturated heterocycles. The molecule has 8 heteroatoms. The fourth-order valence-corrected chi connectivity index (χ4v) is 2.94. The minimum absolute atomic E-state index is 0.0484. The highest BCUT2D eigenvalue weighted by Gasteiger charge is 2.31. The summed E-state index contributed by atoms with van der Waals surface area (Å²) in [6.45, 7) is 3.16. The van der Waals surface area contributed by atoms with Crippen LogP contribution in [0.3, 0.4) is 0 Å². The molecule has 1 aliphatic heterocycles. The van der Waals surface area contributed by atoms with E-state index in [0.717, 1.165) is 18.0 Å². The summed E-state index contributed by atoms with van der Waals surface area (Å²) < 4.78 is 40.1. The van der Waals surface area contributed by atoms with E-state index in [-0.39, 0.29) is 11.8 Å². The van der Waals surface area contributed by atoms with Crippen LogP contribution >= 0.6 is 0 Å². The van der Waals surface area contributed by atoms with Gasteiger partial charge in [0.25, 0.3) is 5.91 Å². The van der Waals surface area contributed by atoms with E-state index in [1.54, 1.807) is 17.8 Å². The Labute approximate surface area is 148 Å². The number of hydrogen-bond donors (Lipinski definition) is 1. The van der Waals surface area contributed by atoms with E-state index in [2.05, 4.69) is 22.3 Å². The number of carbonyl (C=O) groups is 1. The van der Waals surface area contributed by atoms with Crippen molar-refractivity contribution in [1.29, 1.82) is 0 Å². The number of carbonyl (C=O) groups excluding carboxylic acids is 1. The molecule has 1 amide bonds. The van der Waals surface area contributed by atoms with Crippen molar-refractivity contribution in [2.24, 2.45) is 5.92 Å². The van der Waals surface area contributed by atoms with Gasteiger partial charge in [0.05, 0.1) is 11.8 Å². The molecule has 1 aliphatic rings. The largest absolute Gasteiger partial charge is 0.416 e. The summed E-state index contributed by atoms with van der Waals surface area (Å²) in [4.78, 5) is 13.4. The molecule has 2 aromatic rings. The molecule has 0 saturated carbocycles. The summed E-state index contributed by atoms with van der Waals surface area (Å²) in [5.41, 5.74) is -0.0437. The van der Waals surface area contributed by atoms with Gasteiger partial charge in [-0.1, -0.05) is 5.92 Å². The van der Waals surface area contributed by atoms with Crippen LogP contribution in [0.1, 0.15) is 12.5 Å². The summed E-state index contributed by atoms with van der Waals surface area (Å²) in [7, 11) is 0. The summed E-state index contributed by atoms with van der Waals surface area (Å²) in [5.74, 6) is 5.46. The first kappa shape index (κ1) is 17.9. The molecule has 136 valence electrons. The molecule has 0 radical (unpaired) electrons. The number of halogens is 3. The topological polar surface area (TPSA) is 50.2 Å². The second-order valence-corrected chi connectivity index (χ2v) is 5.98. The molecule has 0 fully saturated rings. The minimum atomic E-state index is -4.37. The third-order valence-corrected chi connectivity index (χ3v) is 4.14. The Morgan fingerprint density at radius 2 is 2.00 bits per heavy atom. The molecular formula is C18H17F3N4O. The minimum Gasteiger partial charge on any atom is -0.345 e. The lowest BCUT2D eigenvalue weighted by atomic mass is 10.1. The van der Waals surface area contributed by atoms with Gasteiger partial charge in [0.2, 0.25) is 0 Å². The molecule has 1 aromatic carbocycles. The van der Waals surface area contributed by atoms with Crippen molar-refractivity contribution in [3.8, 4) is 11.8 Å². The fraction of sp³-hybridized carbons (Fsp3) is 0.333. The quantitative estimate of drug-likeness (QED) is 0.855. The molecule has 26 heavy (non-hydrogen) atoms. The van der Waals surface area contributed by atoms with Crippen LogP contribution in [0.5, 0.6) is 0 Å². The molecule has 1 aromatic heterocycles. The monoisotopic (exact) mass is 362 g/mol. The predicted octanol–water partition coefficient (Wildman–Crippen LogP) is 2.81. The van der Waals surface area contributed by atoms with Crippen LogP contribution in [-0.4, -0.2) is 28.8 Å². The van der Waals surface area contributed by atoms with Crippen LogP contribution < -0.4 is 10.2 Å². The average molecular weight is 362 g/mol. The van der Waals surface area contributed by atoms with Crippen molar-refractivity contribution in [3.63, 3.8) is 0 Å². The highest BCUT2D eigenvalue weighted by molar-refractivity contribution is 5.93. The van der Waals surface area contributed by atoms with Crippen molar-refractivity contribution in [3.05, 3.63) is 42.1 Å². The zero-order valence-electron chi connectivity index (χ0n) is 14.0. The summed E-state index contributed by atoms with van der Waals surface area (Å²) in [6, 6.07) is 6.85. The maximum absolute atomic E-state index is 12.8. The zero-order valence-corrected chi connectivity index (χ0v) is 14.0. The first-order valence-corrected chi connectivity index (χ1v) is 8.05. The van der Waals surface area contributed by atoms with E-state index in [9.17, 15) is 18.0 Å². The standard InChI is InChI=1S/C18H17F3N4O/c1-2-3-16(26)22-10-13-11-24(17-8-9-23-25(17)12-13)15-6-4-14(5-7-15)18(19,20)21/h4-9,13H,10-12H2,1H3,(H,22,26). The lowest BCUT2D eigenvalue weighted by molar-refractivity contribution is -0.137. The normalized spacial score (nSPS) is 16.5. The number of hydrogen-bond acceptors (Lipinski definition) is 3. The predicted molar refractivity (Wildman–Crippen MR) is 90.6 cm³/mol. The van der Waals surface area contributed by atoms with Gasteiger partial charge in [-0.05, 0) is 37.1 Å². The highest BCUT2D eigenvalue weighted by atomic mass is 19.4. The maximum Gasteiger partial charge on any atom is 0.416 e. The van der Waals surface area contributed by atoms with Crippen LogP contribution in [0.4, 0.5) is 24.7 Å². The maximum atomic E-state index is 12.8. The Balaban J connectivity index is 1.79. The van der Waals surface area contributed by atoms with Gasteiger partial charge in [0.15, 0.2) is 0 Å². The second kappa shape index (κ2) is 7.12. The SMILES string of the molecule is CC#CC(=O)NCC1CN(c2ccc(C(F)(F)F)cc2)c2ccnn2C1. The molecule has 0 bridgehead atoms. The Kier molecular flexibility index (Phi) is 4.89. The zero-order chi connectivity index (χ0) is 18.7. The van der Waals surface area contributed by atoms with Crippen LogP contribution in [-0.2, 0) is 17.5 Å². The van der Waals surface area contributed by atoms with Crippen molar-refractivity contribution in [2.45, 2.75) is 19.6 Å². The van der Waals surface area contributed by atoms with Gasteiger partial charge in [-0.2, -0.15) is 18.3 Å². The third kappa shape index (κ3) is 3.82. The lowest BCUT2D eigenvalue weighted by Gasteiger charge is -2.34. The molecule has 5 nitrogen and oxygen atoms in total. The molecular weight excluding hydrogens is 345 g/mol. The Hall–Kier alpha value is -2.95. The number of aromatic nitrogens is 2.